The Labute approximate surface area is 203 Å². The van der Waals surface area contributed by atoms with Gasteiger partial charge >= 0.3 is 0 Å². The number of ketones is 1. The molecule has 3 aliphatic heterocycles. The maximum absolute atomic E-state index is 13.8. The third-order valence-electron chi connectivity index (χ3n) is 6.90. The molecule has 0 unspecified atom stereocenters. The first kappa shape index (κ1) is 22.2. The second kappa shape index (κ2) is 7.44. The Hall–Kier alpha value is -2.63. The predicted molar refractivity (Wildman–Crippen MR) is 131 cm³/mol. The molecule has 0 bridgehead atoms. The number of carbonyl (C=O) groups excluding carboxylic acids is 3. The van der Waals surface area contributed by atoms with Crippen LogP contribution in [0.4, 0.5) is 11.4 Å². The summed E-state index contributed by atoms with van der Waals surface area (Å²) in [7, 11) is 0. The van der Waals surface area contributed by atoms with Crippen LogP contribution in [0.15, 0.2) is 48.5 Å². The molecule has 2 amide bonds. The number of benzene rings is 2. The van der Waals surface area contributed by atoms with Crippen LogP contribution < -0.4 is 9.80 Å². The molecule has 0 saturated carbocycles. The van der Waals surface area contributed by atoms with Gasteiger partial charge in [0, 0.05) is 26.7 Å². The third-order valence-corrected chi connectivity index (χ3v) is 7.39. The average molecular weight is 483 g/mol. The van der Waals surface area contributed by atoms with E-state index in [2.05, 4.69) is 0 Å². The smallest absolute Gasteiger partial charge is 0.240 e. The van der Waals surface area contributed by atoms with Gasteiger partial charge in [0.15, 0.2) is 5.78 Å². The number of hydrogen-bond donors (Lipinski definition) is 0. The van der Waals surface area contributed by atoms with Gasteiger partial charge in [0.1, 0.15) is 6.04 Å². The molecule has 0 aliphatic carbocycles. The van der Waals surface area contributed by atoms with Crippen LogP contribution in [0.3, 0.4) is 0 Å². The number of carbonyl (C=O) groups is 3. The first-order valence-electron chi connectivity index (χ1n) is 10.9. The largest absolute Gasteiger partial charge is 0.353 e. The highest BCUT2D eigenvalue weighted by Crippen LogP contribution is 2.52. The van der Waals surface area contributed by atoms with Gasteiger partial charge in [0.2, 0.25) is 11.8 Å². The molecule has 5 rings (SSSR count). The van der Waals surface area contributed by atoms with Crippen molar-refractivity contribution in [3.05, 3.63) is 64.1 Å². The summed E-state index contributed by atoms with van der Waals surface area (Å²) in [6.07, 6.45) is 2.00. The molecule has 2 saturated heterocycles. The van der Waals surface area contributed by atoms with Crippen molar-refractivity contribution in [2.24, 2.45) is 17.3 Å². The number of anilines is 2. The zero-order valence-corrected chi connectivity index (χ0v) is 20.3. The van der Waals surface area contributed by atoms with E-state index in [0.29, 0.717) is 15.7 Å². The summed E-state index contributed by atoms with van der Waals surface area (Å²) in [6, 6.07) is 11.0. The van der Waals surface area contributed by atoms with E-state index in [-0.39, 0.29) is 17.6 Å². The highest BCUT2D eigenvalue weighted by Gasteiger charge is 2.65. The minimum absolute atomic E-state index is 0.0621. The van der Waals surface area contributed by atoms with E-state index in [1.165, 1.54) is 4.90 Å². The van der Waals surface area contributed by atoms with Crippen LogP contribution in [0, 0.1) is 17.3 Å². The van der Waals surface area contributed by atoms with Crippen LogP contribution in [0.1, 0.15) is 33.3 Å². The Morgan fingerprint density at radius 2 is 1.52 bits per heavy atom. The maximum Gasteiger partial charge on any atom is 0.240 e. The van der Waals surface area contributed by atoms with Crippen molar-refractivity contribution in [2.45, 2.75) is 39.8 Å². The monoisotopic (exact) mass is 482 g/mol. The molecule has 7 heteroatoms. The molecule has 2 aromatic rings. The number of fused-ring (bicyclic) bond motifs is 5. The summed E-state index contributed by atoms with van der Waals surface area (Å²) in [5, 5.41) is 1.12. The van der Waals surface area contributed by atoms with Crippen molar-refractivity contribution < 1.29 is 14.4 Å². The molecule has 170 valence electrons. The highest BCUT2D eigenvalue weighted by molar-refractivity contribution is 6.31. The van der Waals surface area contributed by atoms with E-state index in [4.69, 9.17) is 23.2 Å². The zero-order valence-electron chi connectivity index (χ0n) is 18.8. The second-order valence-electron chi connectivity index (χ2n) is 10.0. The van der Waals surface area contributed by atoms with Crippen molar-refractivity contribution in [3.63, 3.8) is 0 Å². The number of rotatable bonds is 2. The zero-order chi connectivity index (χ0) is 23.8. The van der Waals surface area contributed by atoms with Crippen LogP contribution in [0.25, 0.3) is 5.57 Å². The minimum atomic E-state index is -0.768. The average Bonchev–Trinajstić information content (AvgIpc) is 3.21. The fourth-order valence-electron chi connectivity index (χ4n) is 5.40. The summed E-state index contributed by atoms with van der Waals surface area (Å²) in [4.78, 5) is 44.5. The van der Waals surface area contributed by atoms with Gasteiger partial charge in [-0.15, -0.1) is 0 Å². The second-order valence-corrected chi connectivity index (χ2v) is 10.9. The Kier molecular flexibility index (Phi) is 5.00. The highest BCUT2D eigenvalue weighted by atomic mass is 35.5. The van der Waals surface area contributed by atoms with Gasteiger partial charge in [-0.25, -0.2) is 4.90 Å². The van der Waals surface area contributed by atoms with Gasteiger partial charge in [-0.3, -0.25) is 14.4 Å². The van der Waals surface area contributed by atoms with E-state index in [9.17, 15) is 14.4 Å². The molecule has 3 heterocycles. The molecule has 4 atom stereocenters. The molecular weight excluding hydrogens is 459 g/mol. The standard InChI is InChI=1S/C26H24Cl2N2O3/c1-13-11-19-20-21(25(33)29(24(20)32)16-8-5-14(27)6-9-16)22(23(31)26(2,3)4)30(19)18-10-7-15(28)12-17(13)18/h5-12,19-22H,1-4H3/t19-,20-,21-,22+/m1/s1. The van der Waals surface area contributed by atoms with Crippen LogP contribution >= 0.6 is 23.2 Å². The fourth-order valence-corrected chi connectivity index (χ4v) is 5.70. The number of imide groups is 1. The molecule has 3 aliphatic rings. The third kappa shape index (κ3) is 3.24. The summed E-state index contributed by atoms with van der Waals surface area (Å²) in [5.41, 5.74) is 2.51. The molecule has 0 spiro atoms. The Morgan fingerprint density at radius 3 is 2.15 bits per heavy atom. The lowest BCUT2D eigenvalue weighted by molar-refractivity contribution is -0.132. The number of allylic oxidation sites excluding steroid dienone is 1. The van der Waals surface area contributed by atoms with Crippen LogP contribution in [-0.4, -0.2) is 29.7 Å². The lowest BCUT2D eigenvalue weighted by atomic mass is 9.79. The van der Waals surface area contributed by atoms with E-state index in [1.54, 1.807) is 30.3 Å². The summed E-state index contributed by atoms with van der Waals surface area (Å²) >= 11 is 12.3. The van der Waals surface area contributed by atoms with Gasteiger partial charge < -0.3 is 4.90 Å². The number of hydrogen-bond acceptors (Lipinski definition) is 4. The molecule has 0 radical (unpaired) electrons. The van der Waals surface area contributed by atoms with Crippen LogP contribution in [0.5, 0.6) is 0 Å². The summed E-state index contributed by atoms with van der Waals surface area (Å²) < 4.78 is 0. The topological polar surface area (TPSA) is 57.7 Å². The molecule has 2 fully saturated rings. The van der Waals surface area contributed by atoms with Crippen molar-refractivity contribution >= 4 is 57.7 Å². The van der Waals surface area contributed by atoms with Crippen LogP contribution in [-0.2, 0) is 14.4 Å². The van der Waals surface area contributed by atoms with Gasteiger partial charge in [-0.2, -0.15) is 0 Å². The number of nitrogens with zero attached hydrogens (tertiary/aromatic N) is 2. The van der Waals surface area contributed by atoms with E-state index in [0.717, 1.165) is 16.8 Å². The van der Waals surface area contributed by atoms with Crippen molar-refractivity contribution in [2.75, 3.05) is 9.80 Å². The van der Waals surface area contributed by atoms with Gasteiger partial charge in [-0.05, 0) is 55.0 Å². The van der Waals surface area contributed by atoms with E-state index < -0.39 is 29.3 Å². The molecule has 33 heavy (non-hydrogen) atoms. The van der Waals surface area contributed by atoms with Crippen molar-refractivity contribution in [1.29, 1.82) is 0 Å². The van der Waals surface area contributed by atoms with Gasteiger partial charge in [-0.1, -0.05) is 50.0 Å². The predicted octanol–water partition coefficient (Wildman–Crippen LogP) is 5.39. The number of halogens is 2. The van der Waals surface area contributed by atoms with Crippen LogP contribution in [0.2, 0.25) is 10.0 Å². The Balaban J connectivity index is 1.68. The SMILES string of the molecule is CC1=C[C@@H]2[C@H]3C(=O)N(c4ccc(Cl)cc4)C(=O)[C@H]3[C@@H](C(=O)C(C)(C)C)N2c2ccc(Cl)cc21. The van der Waals surface area contributed by atoms with Gasteiger partial charge in [0.25, 0.3) is 0 Å². The first-order valence-corrected chi connectivity index (χ1v) is 11.7. The number of amides is 2. The Bertz CT molecular complexity index is 1230. The molecular formula is C26H24Cl2N2O3. The van der Waals surface area contributed by atoms with Crippen molar-refractivity contribution in [1.82, 2.24) is 0 Å². The van der Waals surface area contributed by atoms with E-state index >= 15 is 0 Å². The number of Topliss-reactive ketones (excluding diaryl/α,β-unsaturated/α-hetero) is 1. The fraction of sp³-hybridized carbons (Fsp3) is 0.346. The maximum atomic E-state index is 13.8. The molecule has 0 aromatic heterocycles. The summed E-state index contributed by atoms with van der Waals surface area (Å²) in [5.74, 6) is -2.11. The summed E-state index contributed by atoms with van der Waals surface area (Å²) in [6.45, 7) is 7.52. The molecule has 2 aromatic carbocycles. The normalized spacial score (nSPS) is 26.2. The van der Waals surface area contributed by atoms with Crippen molar-refractivity contribution in [3.8, 4) is 0 Å². The van der Waals surface area contributed by atoms with Gasteiger partial charge in [0.05, 0.1) is 23.6 Å². The quantitative estimate of drug-likeness (QED) is 0.538. The molecule has 0 N–H and O–H groups in total. The minimum Gasteiger partial charge on any atom is -0.353 e. The molecule has 5 nitrogen and oxygen atoms in total. The van der Waals surface area contributed by atoms with E-state index in [1.807, 2.05) is 50.8 Å². The lowest BCUT2D eigenvalue weighted by Gasteiger charge is -2.39. The lowest BCUT2D eigenvalue weighted by Crippen LogP contribution is -2.51. The first-order chi connectivity index (χ1) is 15.5. The Morgan fingerprint density at radius 1 is 0.909 bits per heavy atom.